The first-order valence-corrected chi connectivity index (χ1v) is 7.44. The van der Waals surface area contributed by atoms with Crippen LogP contribution in [0.3, 0.4) is 0 Å². The summed E-state index contributed by atoms with van der Waals surface area (Å²) in [7, 11) is 1.80. The first-order chi connectivity index (χ1) is 11.2. The van der Waals surface area contributed by atoms with Crippen molar-refractivity contribution < 1.29 is 4.79 Å². The predicted molar refractivity (Wildman–Crippen MR) is 88.0 cm³/mol. The Hall–Kier alpha value is -2.95. The second kappa shape index (κ2) is 6.87. The van der Waals surface area contributed by atoms with E-state index in [0.29, 0.717) is 13.0 Å². The summed E-state index contributed by atoms with van der Waals surface area (Å²) in [6.07, 6.45) is 7.52. The van der Waals surface area contributed by atoms with Crippen molar-refractivity contribution in [3.63, 3.8) is 0 Å². The molecule has 0 fully saturated rings. The second-order valence-electron chi connectivity index (χ2n) is 5.42. The zero-order valence-electron chi connectivity index (χ0n) is 13.0. The summed E-state index contributed by atoms with van der Waals surface area (Å²) < 4.78 is 1.81. The van der Waals surface area contributed by atoms with E-state index in [1.807, 2.05) is 53.3 Å². The van der Waals surface area contributed by atoms with E-state index in [4.69, 9.17) is 0 Å². The Morgan fingerprint density at radius 2 is 1.91 bits per heavy atom. The highest BCUT2D eigenvalue weighted by Gasteiger charge is 2.11. The Kier molecular flexibility index (Phi) is 4.47. The quantitative estimate of drug-likeness (QED) is 0.727. The van der Waals surface area contributed by atoms with Crippen LogP contribution in [0.5, 0.6) is 0 Å². The van der Waals surface area contributed by atoms with Crippen molar-refractivity contribution in [2.45, 2.75) is 13.0 Å². The molecule has 116 valence electrons. The van der Waals surface area contributed by atoms with Gasteiger partial charge in [-0.05, 0) is 23.8 Å². The Morgan fingerprint density at radius 1 is 1.09 bits per heavy atom. The number of carbonyl (C=O) groups excluding carboxylic acids is 1. The normalized spacial score (nSPS) is 10.5. The van der Waals surface area contributed by atoms with Gasteiger partial charge >= 0.3 is 0 Å². The third kappa shape index (κ3) is 3.83. The monoisotopic (exact) mass is 306 g/mol. The number of hydrogen-bond donors (Lipinski definition) is 0. The summed E-state index contributed by atoms with van der Waals surface area (Å²) in [6, 6.07) is 13.7. The van der Waals surface area contributed by atoms with E-state index in [0.717, 1.165) is 16.8 Å². The van der Waals surface area contributed by atoms with Crippen LogP contribution >= 0.6 is 0 Å². The number of amides is 1. The predicted octanol–water partition coefficient (Wildman–Crippen LogP) is 2.47. The van der Waals surface area contributed by atoms with Gasteiger partial charge in [0.2, 0.25) is 5.91 Å². The lowest BCUT2D eigenvalue weighted by atomic mass is 10.2. The number of rotatable bonds is 5. The zero-order valence-corrected chi connectivity index (χ0v) is 13.0. The van der Waals surface area contributed by atoms with Crippen LogP contribution in [0.4, 0.5) is 0 Å². The molecule has 23 heavy (non-hydrogen) atoms. The summed E-state index contributed by atoms with van der Waals surface area (Å²) >= 11 is 0. The van der Waals surface area contributed by atoms with Gasteiger partial charge in [-0.2, -0.15) is 5.10 Å². The van der Waals surface area contributed by atoms with Gasteiger partial charge in [0.25, 0.3) is 0 Å². The third-order valence-corrected chi connectivity index (χ3v) is 3.58. The average Bonchev–Trinajstić information content (AvgIpc) is 3.05. The minimum atomic E-state index is 0.0606. The lowest BCUT2D eigenvalue weighted by molar-refractivity contribution is -0.129. The van der Waals surface area contributed by atoms with Gasteiger partial charge in [-0.15, -0.1) is 0 Å². The Bertz CT molecular complexity index is 768. The van der Waals surface area contributed by atoms with Crippen LogP contribution in [-0.2, 0) is 17.8 Å². The lowest BCUT2D eigenvalue weighted by Crippen LogP contribution is -2.27. The van der Waals surface area contributed by atoms with Crippen molar-refractivity contribution in [2.75, 3.05) is 7.05 Å². The summed E-state index contributed by atoms with van der Waals surface area (Å²) in [4.78, 5) is 18.0. The van der Waals surface area contributed by atoms with Gasteiger partial charge in [0.05, 0.1) is 18.3 Å². The second-order valence-corrected chi connectivity index (χ2v) is 5.42. The molecule has 2 heterocycles. The van der Waals surface area contributed by atoms with Crippen LogP contribution in [0.25, 0.3) is 5.69 Å². The van der Waals surface area contributed by atoms with Crippen molar-refractivity contribution in [3.05, 3.63) is 78.4 Å². The van der Waals surface area contributed by atoms with Gasteiger partial charge < -0.3 is 4.90 Å². The van der Waals surface area contributed by atoms with Crippen LogP contribution in [0, 0.1) is 0 Å². The molecule has 0 spiro atoms. The van der Waals surface area contributed by atoms with Gasteiger partial charge in [-0.25, -0.2) is 4.68 Å². The van der Waals surface area contributed by atoms with Gasteiger partial charge in [-0.3, -0.25) is 9.78 Å². The maximum atomic E-state index is 12.3. The van der Waals surface area contributed by atoms with Crippen molar-refractivity contribution in [2.24, 2.45) is 0 Å². The summed E-state index contributed by atoms with van der Waals surface area (Å²) in [6.45, 7) is 0.534. The minimum absolute atomic E-state index is 0.0606. The van der Waals surface area contributed by atoms with E-state index in [2.05, 4.69) is 10.1 Å². The minimum Gasteiger partial charge on any atom is -0.341 e. The first kappa shape index (κ1) is 15.0. The number of pyridine rings is 1. The van der Waals surface area contributed by atoms with Gasteiger partial charge in [0.1, 0.15) is 0 Å². The molecule has 0 radical (unpaired) electrons. The fourth-order valence-electron chi connectivity index (χ4n) is 2.34. The molecule has 0 saturated carbocycles. The van der Waals surface area contributed by atoms with E-state index >= 15 is 0 Å². The van der Waals surface area contributed by atoms with Gasteiger partial charge in [0, 0.05) is 37.7 Å². The van der Waals surface area contributed by atoms with Crippen molar-refractivity contribution >= 4 is 5.91 Å². The smallest absolute Gasteiger partial charge is 0.227 e. The number of nitrogens with zero attached hydrogens (tertiary/aromatic N) is 4. The van der Waals surface area contributed by atoms with Crippen molar-refractivity contribution in [3.8, 4) is 5.69 Å². The van der Waals surface area contributed by atoms with Gasteiger partial charge in [0.15, 0.2) is 0 Å². The molecular weight excluding hydrogens is 288 g/mol. The zero-order chi connectivity index (χ0) is 16.1. The maximum absolute atomic E-state index is 12.3. The van der Waals surface area contributed by atoms with Crippen LogP contribution in [0.15, 0.2) is 67.3 Å². The highest BCUT2D eigenvalue weighted by atomic mass is 16.2. The fraction of sp³-hybridized carbons (Fsp3) is 0.167. The van der Waals surface area contributed by atoms with Crippen LogP contribution in [-0.4, -0.2) is 32.6 Å². The molecule has 1 amide bonds. The molecule has 0 aliphatic rings. The molecule has 5 nitrogen and oxygen atoms in total. The number of carbonyl (C=O) groups is 1. The van der Waals surface area contributed by atoms with Crippen LogP contribution < -0.4 is 0 Å². The Balaban J connectivity index is 1.63. The summed E-state index contributed by atoms with van der Waals surface area (Å²) in [5, 5.41) is 4.35. The number of hydrogen-bond acceptors (Lipinski definition) is 3. The summed E-state index contributed by atoms with van der Waals surface area (Å²) in [5.74, 6) is 0.0606. The number of benzene rings is 1. The van der Waals surface area contributed by atoms with Crippen LogP contribution in [0.2, 0.25) is 0 Å². The Morgan fingerprint density at radius 3 is 2.65 bits per heavy atom. The molecule has 5 heteroatoms. The number of aromatic nitrogens is 3. The number of likely N-dealkylation sites (N-methyl/N-ethyl adjacent to an activating group) is 1. The van der Waals surface area contributed by atoms with E-state index in [-0.39, 0.29) is 5.91 Å². The van der Waals surface area contributed by atoms with E-state index in [1.165, 1.54) is 0 Å². The highest BCUT2D eigenvalue weighted by molar-refractivity contribution is 5.78. The molecule has 0 atom stereocenters. The molecule has 0 N–H and O–H groups in total. The van der Waals surface area contributed by atoms with E-state index < -0.39 is 0 Å². The van der Waals surface area contributed by atoms with E-state index in [9.17, 15) is 4.79 Å². The molecule has 1 aromatic carbocycles. The molecule has 0 unspecified atom stereocenters. The largest absolute Gasteiger partial charge is 0.341 e. The lowest BCUT2D eigenvalue weighted by Gasteiger charge is -2.16. The fourth-order valence-corrected chi connectivity index (χ4v) is 2.34. The molecule has 0 aliphatic heterocycles. The maximum Gasteiger partial charge on any atom is 0.227 e. The van der Waals surface area contributed by atoms with Crippen molar-refractivity contribution in [1.82, 2.24) is 19.7 Å². The Labute approximate surface area is 135 Å². The molecule has 0 bridgehead atoms. The first-order valence-electron chi connectivity index (χ1n) is 7.44. The number of para-hydroxylation sites is 1. The van der Waals surface area contributed by atoms with Crippen LogP contribution in [0.1, 0.15) is 11.1 Å². The molecule has 3 rings (SSSR count). The summed E-state index contributed by atoms with van der Waals surface area (Å²) in [5.41, 5.74) is 2.92. The van der Waals surface area contributed by atoms with Gasteiger partial charge in [-0.1, -0.05) is 24.3 Å². The standard InChI is InChI=1S/C18H18N4O/c1-21(18(23)10-15-6-5-9-19-11-15)13-16-12-20-22(14-16)17-7-3-2-4-8-17/h2-9,11-12,14H,10,13H2,1H3. The van der Waals surface area contributed by atoms with Crippen molar-refractivity contribution in [1.29, 1.82) is 0 Å². The average molecular weight is 306 g/mol. The molecule has 0 saturated heterocycles. The topological polar surface area (TPSA) is 51.0 Å². The highest BCUT2D eigenvalue weighted by Crippen LogP contribution is 2.10. The molecule has 3 aromatic rings. The molecular formula is C18H18N4O. The van der Waals surface area contributed by atoms with E-state index in [1.54, 1.807) is 30.5 Å². The molecule has 0 aliphatic carbocycles. The molecule has 2 aromatic heterocycles. The third-order valence-electron chi connectivity index (χ3n) is 3.58. The SMILES string of the molecule is CN(Cc1cnn(-c2ccccc2)c1)C(=O)Cc1cccnc1.